The van der Waals surface area contributed by atoms with Gasteiger partial charge >= 0.3 is 5.97 Å². The lowest BCUT2D eigenvalue weighted by molar-refractivity contribution is -0.139. The fraction of sp³-hybridized carbons (Fsp3) is 0.424. The molecule has 1 saturated carbocycles. The number of rotatable bonds is 7. The van der Waals surface area contributed by atoms with Gasteiger partial charge in [0.2, 0.25) is 0 Å². The van der Waals surface area contributed by atoms with Gasteiger partial charge in [-0.3, -0.25) is 4.79 Å². The van der Waals surface area contributed by atoms with E-state index in [9.17, 15) is 14.3 Å². The van der Waals surface area contributed by atoms with Crippen LogP contribution in [0.5, 0.6) is 5.75 Å². The molecule has 0 heterocycles. The average Bonchev–Trinajstić information content (AvgIpc) is 3.59. The molecular formula is C33H37FO4. The minimum atomic E-state index is -0.701. The number of carboxylic acids is 1. The highest BCUT2D eigenvalue weighted by Crippen LogP contribution is 2.60. The van der Waals surface area contributed by atoms with Crippen molar-refractivity contribution in [2.75, 3.05) is 7.11 Å². The van der Waals surface area contributed by atoms with Crippen LogP contribution in [0.1, 0.15) is 74.0 Å². The summed E-state index contributed by atoms with van der Waals surface area (Å²) in [6.07, 6.45) is 3.40. The first-order chi connectivity index (χ1) is 18.0. The minimum Gasteiger partial charge on any atom is -0.489 e. The molecule has 5 heteroatoms. The van der Waals surface area contributed by atoms with E-state index in [-0.39, 0.29) is 28.7 Å². The summed E-state index contributed by atoms with van der Waals surface area (Å²) in [7, 11) is 1.70. The van der Waals surface area contributed by atoms with Gasteiger partial charge in [-0.25, -0.2) is 4.39 Å². The van der Waals surface area contributed by atoms with Crippen molar-refractivity contribution in [3.63, 3.8) is 0 Å². The summed E-state index contributed by atoms with van der Waals surface area (Å²) in [5.41, 5.74) is 6.22. The van der Waals surface area contributed by atoms with Gasteiger partial charge in [-0.1, -0.05) is 50.6 Å². The van der Waals surface area contributed by atoms with Crippen molar-refractivity contribution in [1.29, 1.82) is 0 Å². The summed E-state index contributed by atoms with van der Waals surface area (Å²) >= 11 is 0. The first-order valence-corrected chi connectivity index (χ1v) is 13.4. The summed E-state index contributed by atoms with van der Waals surface area (Å²) in [5.74, 6) is -0.506. The zero-order valence-corrected chi connectivity index (χ0v) is 22.9. The van der Waals surface area contributed by atoms with Crippen LogP contribution < -0.4 is 4.74 Å². The van der Waals surface area contributed by atoms with Crippen molar-refractivity contribution in [3.8, 4) is 16.9 Å². The Balaban J connectivity index is 1.46. The highest BCUT2D eigenvalue weighted by molar-refractivity contribution is 5.78. The maximum Gasteiger partial charge on any atom is 0.307 e. The van der Waals surface area contributed by atoms with Crippen LogP contribution in [0.3, 0.4) is 0 Å². The molecule has 3 atom stereocenters. The lowest BCUT2D eigenvalue weighted by atomic mass is 9.78. The number of aliphatic carboxylic acids is 1. The van der Waals surface area contributed by atoms with Crippen molar-refractivity contribution in [1.82, 2.24) is 0 Å². The van der Waals surface area contributed by atoms with Crippen molar-refractivity contribution in [2.24, 2.45) is 11.3 Å². The Morgan fingerprint density at radius 3 is 2.58 bits per heavy atom. The predicted molar refractivity (Wildman–Crippen MR) is 147 cm³/mol. The molecule has 1 spiro atoms. The molecule has 0 unspecified atom stereocenters. The van der Waals surface area contributed by atoms with E-state index in [4.69, 9.17) is 9.47 Å². The number of fused-ring (bicyclic) bond motifs is 2. The molecule has 0 aromatic heterocycles. The topological polar surface area (TPSA) is 55.8 Å². The minimum absolute atomic E-state index is 0.207. The molecule has 0 bridgehead atoms. The van der Waals surface area contributed by atoms with E-state index >= 15 is 0 Å². The number of hydrogen-bond donors (Lipinski definition) is 1. The van der Waals surface area contributed by atoms with Gasteiger partial charge in [0.1, 0.15) is 18.2 Å². The van der Waals surface area contributed by atoms with Crippen molar-refractivity contribution < 1.29 is 23.8 Å². The molecule has 4 nitrogen and oxygen atoms in total. The van der Waals surface area contributed by atoms with E-state index in [0.29, 0.717) is 18.6 Å². The highest BCUT2D eigenvalue weighted by Gasteiger charge is 2.60. The largest absolute Gasteiger partial charge is 0.489 e. The van der Waals surface area contributed by atoms with Gasteiger partial charge in [0.05, 0.1) is 12.0 Å². The Bertz CT molecular complexity index is 1370. The molecule has 0 amide bonds. The van der Waals surface area contributed by atoms with Crippen molar-refractivity contribution >= 4 is 5.97 Å². The molecule has 2 aliphatic rings. The SMILES string of the molecule is CO[C@H](c1cc(COc2ccc3c(c2)[C@]2(CCC3)C[C@H]2C(=O)O)ccc1-c1cc(C)ccc1F)C(C)(C)C. The third kappa shape index (κ3) is 4.84. The Hall–Kier alpha value is -3.18. The number of halogens is 1. The molecule has 0 radical (unpaired) electrons. The van der Waals surface area contributed by atoms with Gasteiger partial charge < -0.3 is 14.6 Å². The van der Waals surface area contributed by atoms with E-state index in [1.807, 2.05) is 31.2 Å². The Kier molecular flexibility index (Phi) is 6.85. The number of carbonyl (C=O) groups is 1. The lowest BCUT2D eigenvalue weighted by Crippen LogP contribution is -2.21. The van der Waals surface area contributed by atoms with Crippen LogP contribution in [-0.2, 0) is 28.0 Å². The molecule has 1 N–H and O–H groups in total. The fourth-order valence-electron chi connectivity index (χ4n) is 6.38. The van der Waals surface area contributed by atoms with E-state index in [2.05, 4.69) is 39.0 Å². The Morgan fingerprint density at radius 2 is 1.89 bits per heavy atom. The smallest absolute Gasteiger partial charge is 0.307 e. The molecule has 2 aliphatic carbocycles. The maximum absolute atomic E-state index is 15.0. The van der Waals surface area contributed by atoms with Crippen LogP contribution in [0, 0.1) is 24.1 Å². The normalized spacial score (nSPS) is 21.2. The second-order valence-corrected chi connectivity index (χ2v) is 12.1. The summed E-state index contributed by atoms with van der Waals surface area (Å²) in [4.78, 5) is 11.7. The summed E-state index contributed by atoms with van der Waals surface area (Å²) in [5, 5.41) is 9.64. The van der Waals surface area contributed by atoms with Gasteiger partial charge in [-0.15, -0.1) is 0 Å². The van der Waals surface area contributed by atoms with Gasteiger partial charge in [0, 0.05) is 18.1 Å². The Morgan fingerprint density at radius 1 is 1.11 bits per heavy atom. The molecule has 3 aromatic carbocycles. The first kappa shape index (κ1) is 26.4. The predicted octanol–water partition coefficient (Wildman–Crippen LogP) is 7.79. The van der Waals surface area contributed by atoms with Crippen molar-refractivity contribution in [2.45, 2.75) is 71.5 Å². The third-order valence-electron chi connectivity index (χ3n) is 8.30. The van der Waals surface area contributed by atoms with E-state index in [0.717, 1.165) is 52.8 Å². The van der Waals surface area contributed by atoms with Crippen LogP contribution in [0.15, 0.2) is 54.6 Å². The average molecular weight is 517 g/mol. The van der Waals surface area contributed by atoms with Crippen molar-refractivity contribution in [3.05, 3.63) is 88.2 Å². The van der Waals surface area contributed by atoms with Gasteiger partial charge in [-0.05, 0) is 96.2 Å². The van der Waals surface area contributed by atoms with Gasteiger partial charge in [0.15, 0.2) is 0 Å². The zero-order valence-electron chi connectivity index (χ0n) is 22.9. The number of ether oxygens (including phenoxy) is 2. The molecule has 5 rings (SSSR count). The van der Waals surface area contributed by atoms with Crippen LogP contribution in [-0.4, -0.2) is 18.2 Å². The van der Waals surface area contributed by atoms with Gasteiger partial charge in [0.25, 0.3) is 0 Å². The molecule has 0 saturated heterocycles. The highest BCUT2D eigenvalue weighted by atomic mass is 19.1. The van der Waals surface area contributed by atoms with E-state index in [1.165, 1.54) is 11.6 Å². The van der Waals surface area contributed by atoms with Crippen LogP contribution in [0.4, 0.5) is 4.39 Å². The van der Waals surface area contributed by atoms with Crippen LogP contribution in [0.25, 0.3) is 11.1 Å². The number of carboxylic acid groups (broad SMARTS) is 1. The van der Waals surface area contributed by atoms with Crippen LogP contribution in [0.2, 0.25) is 0 Å². The second kappa shape index (κ2) is 9.85. The molecular weight excluding hydrogens is 479 g/mol. The number of methoxy groups -OCH3 is 1. The van der Waals surface area contributed by atoms with E-state index < -0.39 is 5.97 Å². The number of aryl methyl sites for hydroxylation is 2. The summed E-state index contributed by atoms with van der Waals surface area (Å²) < 4.78 is 27.2. The van der Waals surface area contributed by atoms with Gasteiger partial charge in [-0.2, -0.15) is 0 Å². The lowest BCUT2D eigenvalue weighted by Gasteiger charge is -2.32. The number of benzene rings is 3. The standard InChI is InChI=1S/C33H37FO4/c1-20-8-13-29(34)25(15-20)24-12-9-21(16-26(24)30(37-5)32(2,3)4)19-38-23-11-10-22-7-6-14-33(27(22)17-23)18-28(33)31(35)36/h8-13,15-17,28,30H,6-7,14,18-19H2,1-5H3,(H,35,36)/t28-,30+,33-/m0/s1. The fourth-order valence-corrected chi connectivity index (χ4v) is 6.38. The number of hydrogen-bond acceptors (Lipinski definition) is 3. The molecule has 200 valence electrons. The maximum atomic E-state index is 15.0. The molecule has 3 aromatic rings. The van der Waals surface area contributed by atoms with E-state index in [1.54, 1.807) is 13.2 Å². The summed E-state index contributed by atoms with van der Waals surface area (Å²) in [6.45, 7) is 8.66. The van der Waals surface area contributed by atoms with Crippen LogP contribution >= 0.6 is 0 Å². The molecule has 0 aliphatic heterocycles. The molecule has 1 fully saturated rings. The third-order valence-corrected chi connectivity index (χ3v) is 8.30. The quantitative estimate of drug-likeness (QED) is 0.348. The zero-order chi connectivity index (χ0) is 27.2. The Labute approximate surface area is 224 Å². The second-order valence-electron chi connectivity index (χ2n) is 12.1. The monoisotopic (exact) mass is 516 g/mol. The summed E-state index contributed by atoms with van der Waals surface area (Å²) in [6, 6.07) is 17.3. The molecule has 38 heavy (non-hydrogen) atoms. The first-order valence-electron chi connectivity index (χ1n) is 13.4.